The SMILES string of the molecule is CC1(c2c3c(C(N)=O)cccc3nn2-c2cccnc2)CC1. The molecule has 5 heteroatoms. The number of aromatic nitrogens is 3. The van der Waals surface area contributed by atoms with Crippen LogP contribution in [0.15, 0.2) is 42.7 Å². The van der Waals surface area contributed by atoms with Gasteiger partial charge in [-0.1, -0.05) is 13.0 Å². The highest BCUT2D eigenvalue weighted by Crippen LogP contribution is 2.50. The molecule has 1 aromatic carbocycles. The molecular formula is C17H16N4O. The van der Waals surface area contributed by atoms with E-state index in [1.54, 1.807) is 18.5 Å². The van der Waals surface area contributed by atoms with Gasteiger partial charge in [-0.3, -0.25) is 9.78 Å². The van der Waals surface area contributed by atoms with Crippen molar-refractivity contribution in [2.75, 3.05) is 0 Å². The molecule has 110 valence electrons. The van der Waals surface area contributed by atoms with E-state index in [-0.39, 0.29) is 5.41 Å². The highest BCUT2D eigenvalue weighted by Gasteiger charge is 2.44. The Balaban J connectivity index is 2.10. The van der Waals surface area contributed by atoms with Crippen molar-refractivity contribution in [3.8, 4) is 5.69 Å². The highest BCUT2D eigenvalue weighted by atomic mass is 16.1. The topological polar surface area (TPSA) is 73.8 Å². The van der Waals surface area contributed by atoms with E-state index in [1.807, 2.05) is 28.9 Å². The number of primary amides is 1. The molecule has 0 radical (unpaired) electrons. The maximum Gasteiger partial charge on any atom is 0.249 e. The summed E-state index contributed by atoms with van der Waals surface area (Å²) < 4.78 is 1.91. The van der Waals surface area contributed by atoms with E-state index >= 15 is 0 Å². The van der Waals surface area contributed by atoms with Crippen LogP contribution in [0.5, 0.6) is 0 Å². The Morgan fingerprint density at radius 3 is 2.73 bits per heavy atom. The van der Waals surface area contributed by atoms with Crippen LogP contribution in [-0.2, 0) is 5.41 Å². The fraction of sp³-hybridized carbons (Fsp3) is 0.235. The van der Waals surface area contributed by atoms with Crippen LogP contribution in [0.3, 0.4) is 0 Å². The summed E-state index contributed by atoms with van der Waals surface area (Å²) in [6.45, 7) is 2.20. The maximum atomic E-state index is 11.8. The predicted octanol–water partition coefficient (Wildman–Crippen LogP) is 2.57. The Kier molecular flexibility index (Phi) is 2.60. The molecule has 1 saturated carbocycles. The van der Waals surface area contributed by atoms with Gasteiger partial charge in [0.15, 0.2) is 0 Å². The number of rotatable bonds is 3. The number of fused-ring (bicyclic) bond motifs is 1. The van der Waals surface area contributed by atoms with Crippen LogP contribution in [0, 0.1) is 0 Å². The van der Waals surface area contributed by atoms with Gasteiger partial charge in [0.1, 0.15) is 0 Å². The molecule has 0 atom stereocenters. The average Bonchev–Trinajstić information content (AvgIpc) is 3.14. The molecule has 2 aromatic heterocycles. The normalized spacial score (nSPS) is 15.9. The molecule has 0 saturated heterocycles. The lowest BCUT2D eigenvalue weighted by Gasteiger charge is -2.13. The number of nitrogens with zero attached hydrogens (tertiary/aromatic N) is 3. The van der Waals surface area contributed by atoms with Crippen molar-refractivity contribution < 1.29 is 4.79 Å². The molecule has 0 bridgehead atoms. The van der Waals surface area contributed by atoms with Gasteiger partial charge in [0, 0.05) is 17.0 Å². The first kappa shape index (κ1) is 13.0. The minimum absolute atomic E-state index is 0.0378. The minimum Gasteiger partial charge on any atom is -0.366 e. The fourth-order valence-electron chi connectivity index (χ4n) is 2.99. The first-order chi connectivity index (χ1) is 10.6. The van der Waals surface area contributed by atoms with Crippen LogP contribution in [0.4, 0.5) is 0 Å². The smallest absolute Gasteiger partial charge is 0.249 e. The number of hydrogen-bond acceptors (Lipinski definition) is 3. The number of carbonyl (C=O) groups is 1. The van der Waals surface area contributed by atoms with Gasteiger partial charge >= 0.3 is 0 Å². The second-order valence-electron chi connectivity index (χ2n) is 6.10. The second-order valence-corrected chi connectivity index (χ2v) is 6.10. The van der Waals surface area contributed by atoms with Gasteiger partial charge in [-0.05, 0) is 37.1 Å². The van der Waals surface area contributed by atoms with Gasteiger partial charge in [0.25, 0.3) is 0 Å². The van der Waals surface area contributed by atoms with Gasteiger partial charge in [0.2, 0.25) is 5.91 Å². The summed E-state index contributed by atoms with van der Waals surface area (Å²) in [5.74, 6) is -0.415. The van der Waals surface area contributed by atoms with Crippen LogP contribution >= 0.6 is 0 Å². The number of amides is 1. The van der Waals surface area contributed by atoms with Gasteiger partial charge in [-0.15, -0.1) is 0 Å². The van der Waals surface area contributed by atoms with E-state index in [0.717, 1.165) is 35.1 Å². The maximum absolute atomic E-state index is 11.8. The van der Waals surface area contributed by atoms with E-state index < -0.39 is 5.91 Å². The molecule has 3 aromatic rings. The van der Waals surface area contributed by atoms with E-state index in [1.165, 1.54) is 0 Å². The van der Waals surface area contributed by atoms with E-state index in [2.05, 4.69) is 11.9 Å². The summed E-state index contributed by atoms with van der Waals surface area (Å²) >= 11 is 0. The first-order valence-electron chi connectivity index (χ1n) is 7.33. The summed E-state index contributed by atoms with van der Waals surface area (Å²) in [5, 5.41) is 5.58. The van der Waals surface area contributed by atoms with E-state index in [9.17, 15) is 4.79 Å². The molecule has 1 aliphatic rings. The molecule has 0 unspecified atom stereocenters. The van der Waals surface area contributed by atoms with Crippen LogP contribution in [-0.4, -0.2) is 20.7 Å². The third kappa shape index (κ3) is 1.82. The summed E-state index contributed by atoms with van der Waals surface area (Å²) in [6, 6.07) is 9.37. The molecule has 2 heterocycles. The molecule has 4 rings (SSSR count). The molecule has 1 aliphatic carbocycles. The zero-order valence-electron chi connectivity index (χ0n) is 12.3. The van der Waals surface area contributed by atoms with Crippen molar-refractivity contribution in [3.63, 3.8) is 0 Å². The summed E-state index contributed by atoms with van der Waals surface area (Å²) in [5.41, 5.74) is 8.90. The molecule has 1 fully saturated rings. The summed E-state index contributed by atoms with van der Waals surface area (Å²) in [7, 11) is 0. The lowest BCUT2D eigenvalue weighted by atomic mass is 9.97. The van der Waals surface area contributed by atoms with Crippen molar-refractivity contribution >= 4 is 16.8 Å². The first-order valence-corrected chi connectivity index (χ1v) is 7.33. The van der Waals surface area contributed by atoms with E-state index in [0.29, 0.717) is 5.56 Å². The van der Waals surface area contributed by atoms with E-state index in [4.69, 9.17) is 10.8 Å². The second kappa shape index (κ2) is 4.40. The number of nitrogens with two attached hydrogens (primary N) is 1. The molecule has 0 spiro atoms. The molecule has 22 heavy (non-hydrogen) atoms. The lowest BCUT2D eigenvalue weighted by molar-refractivity contribution is 0.100. The molecule has 2 N–H and O–H groups in total. The van der Waals surface area contributed by atoms with Crippen molar-refractivity contribution in [3.05, 3.63) is 54.0 Å². The largest absolute Gasteiger partial charge is 0.366 e. The monoisotopic (exact) mass is 292 g/mol. The number of pyridine rings is 1. The Hall–Kier alpha value is -2.69. The van der Waals surface area contributed by atoms with Crippen molar-refractivity contribution in [1.82, 2.24) is 14.8 Å². The van der Waals surface area contributed by atoms with Gasteiger partial charge in [-0.2, -0.15) is 5.10 Å². The standard InChI is InChI=1S/C17H16N4O/c1-17(7-8-17)15-14-12(16(18)22)5-2-6-13(14)20-21(15)11-4-3-9-19-10-11/h2-6,9-10H,7-8H2,1H3,(H2,18,22). The van der Waals surface area contributed by atoms with Crippen LogP contribution in [0.1, 0.15) is 35.8 Å². The molecule has 0 aliphatic heterocycles. The van der Waals surface area contributed by atoms with Crippen LogP contribution in [0.25, 0.3) is 16.6 Å². The molecular weight excluding hydrogens is 276 g/mol. The number of benzene rings is 1. The average molecular weight is 292 g/mol. The Bertz CT molecular complexity index is 878. The van der Waals surface area contributed by atoms with Gasteiger partial charge in [-0.25, -0.2) is 4.68 Å². The van der Waals surface area contributed by atoms with Crippen LogP contribution in [0.2, 0.25) is 0 Å². The number of carbonyl (C=O) groups excluding carboxylic acids is 1. The van der Waals surface area contributed by atoms with Gasteiger partial charge in [0.05, 0.1) is 28.7 Å². The third-order valence-corrected chi connectivity index (χ3v) is 4.43. The third-order valence-electron chi connectivity index (χ3n) is 4.43. The zero-order valence-corrected chi connectivity index (χ0v) is 12.3. The van der Waals surface area contributed by atoms with Gasteiger partial charge < -0.3 is 5.73 Å². The molecule has 5 nitrogen and oxygen atoms in total. The Labute approximate surface area is 127 Å². The predicted molar refractivity (Wildman–Crippen MR) is 84.0 cm³/mol. The highest BCUT2D eigenvalue weighted by molar-refractivity contribution is 6.07. The van der Waals surface area contributed by atoms with Crippen LogP contribution < -0.4 is 5.73 Å². The van der Waals surface area contributed by atoms with Crippen molar-refractivity contribution in [2.45, 2.75) is 25.2 Å². The zero-order chi connectivity index (χ0) is 15.3. The molecule has 1 amide bonds. The summed E-state index contributed by atoms with van der Waals surface area (Å²) in [6.07, 6.45) is 5.69. The fourth-order valence-corrected chi connectivity index (χ4v) is 2.99. The van der Waals surface area contributed by atoms with Crippen molar-refractivity contribution in [1.29, 1.82) is 0 Å². The summed E-state index contributed by atoms with van der Waals surface area (Å²) in [4.78, 5) is 16.0. The number of hydrogen-bond donors (Lipinski definition) is 1. The Morgan fingerprint density at radius 2 is 2.09 bits per heavy atom. The van der Waals surface area contributed by atoms with Crippen molar-refractivity contribution in [2.24, 2.45) is 5.73 Å². The Morgan fingerprint density at radius 1 is 1.27 bits per heavy atom. The lowest BCUT2D eigenvalue weighted by Crippen LogP contribution is -2.14. The quantitative estimate of drug-likeness (QED) is 0.806. The minimum atomic E-state index is -0.415.